The van der Waals surface area contributed by atoms with E-state index in [-0.39, 0.29) is 11.5 Å². The zero-order valence-electron chi connectivity index (χ0n) is 11.9. The predicted octanol–water partition coefficient (Wildman–Crippen LogP) is 2.20. The monoisotopic (exact) mass is 291 g/mol. The average molecular weight is 291 g/mol. The number of carbonyl (C=O) groups is 1. The lowest BCUT2D eigenvalue weighted by Crippen LogP contribution is -2.30. The van der Waals surface area contributed by atoms with E-state index in [1.54, 1.807) is 4.90 Å². The van der Waals surface area contributed by atoms with Crippen molar-refractivity contribution < 1.29 is 13.9 Å². The number of halogens is 1. The van der Waals surface area contributed by atoms with Gasteiger partial charge in [0.05, 0.1) is 29.5 Å². The van der Waals surface area contributed by atoms with E-state index in [2.05, 4.69) is 9.97 Å². The predicted molar refractivity (Wildman–Crippen MR) is 76.6 cm³/mol. The van der Waals surface area contributed by atoms with Crippen LogP contribution in [0.5, 0.6) is 0 Å². The normalized spacial score (nSPS) is 18.6. The quantitative estimate of drug-likeness (QED) is 0.939. The molecule has 1 aromatic heterocycles. The van der Waals surface area contributed by atoms with Gasteiger partial charge in [-0.2, -0.15) is 0 Å². The highest BCUT2D eigenvalue weighted by Gasteiger charge is 2.28. The Bertz CT molecular complexity index is 655. The molecule has 1 aliphatic heterocycles. The number of imidazole rings is 1. The van der Waals surface area contributed by atoms with Crippen molar-refractivity contribution in [3.63, 3.8) is 0 Å². The number of fused-ring (bicyclic) bond motifs is 1. The van der Waals surface area contributed by atoms with Crippen LogP contribution in [0.2, 0.25) is 0 Å². The van der Waals surface area contributed by atoms with Crippen LogP contribution in [-0.4, -0.2) is 47.1 Å². The molecule has 21 heavy (non-hydrogen) atoms. The maximum Gasteiger partial charge on any atom is 0.256 e. The topological polar surface area (TPSA) is 58.2 Å². The van der Waals surface area contributed by atoms with E-state index in [1.165, 1.54) is 18.5 Å². The fourth-order valence-electron chi connectivity index (χ4n) is 2.73. The van der Waals surface area contributed by atoms with E-state index in [9.17, 15) is 9.18 Å². The molecule has 1 N–H and O–H groups in total. The second-order valence-corrected chi connectivity index (χ2v) is 5.32. The van der Waals surface area contributed by atoms with Gasteiger partial charge in [-0.15, -0.1) is 0 Å². The molecule has 1 atom stereocenters. The Morgan fingerprint density at radius 3 is 3.24 bits per heavy atom. The number of nitrogens with zero attached hydrogens (tertiary/aromatic N) is 2. The molecule has 0 bridgehead atoms. The fraction of sp³-hybridized carbons (Fsp3) is 0.467. The third-order valence-electron chi connectivity index (χ3n) is 3.87. The molecule has 1 amide bonds. The largest absolute Gasteiger partial charge is 0.381 e. The minimum Gasteiger partial charge on any atom is -0.381 e. The SMILES string of the molecule is CCOC[C@@H]1CCN(C(=O)c2cc3nc[nH]c3cc2F)C1. The zero-order valence-corrected chi connectivity index (χ0v) is 11.9. The maximum atomic E-state index is 14.1. The Balaban J connectivity index is 1.76. The number of aromatic nitrogens is 2. The summed E-state index contributed by atoms with van der Waals surface area (Å²) < 4.78 is 19.5. The lowest BCUT2D eigenvalue weighted by molar-refractivity contribution is 0.0758. The molecule has 0 spiro atoms. The van der Waals surface area contributed by atoms with E-state index in [4.69, 9.17) is 4.74 Å². The summed E-state index contributed by atoms with van der Waals surface area (Å²) in [6, 6.07) is 2.84. The van der Waals surface area contributed by atoms with Gasteiger partial charge in [0.2, 0.25) is 0 Å². The molecular weight excluding hydrogens is 273 g/mol. The number of likely N-dealkylation sites (tertiary alicyclic amines) is 1. The molecule has 2 aromatic rings. The smallest absolute Gasteiger partial charge is 0.256 e. The Hall–Kier alpha value is -1.95. The molecule has 0 saturated carbocycles. The van der Waals surface area contributed by atoms with Crippen LogP contribution in [0.4, 0.5) is 4.39 Å². The van der Waals surface area contributed by atoms with Crippen molar-refractivity contribution in [1.29, 1.82) is 0 Å². The molecule has 0 aliphatic carbocycles. The first-order chi connectivity index (χ1) is 10.2. The van der Waals surface area contributed by atoms with Gasteiger partial charge in [-0.05, 0) is 19.4 Å². The van der Waals surface area contributed by atoms with Crippen molar-refractivity contribution in [3.8, 4) is 0 Å². The number of nitrogens with one attached hydrogen (secondary N) is 1. The van der Waals surface area contributed by atoms with Crippen molar-refractivity contribution in [3.05, 3.63) is 29.8 Å². The first-order valence-electron chi connectivity index (χ1n) is 7.18. The third-order valence-corrected chi connectivity index (χ3v) is 3.87. The van der Waals surface area contributed by atoms with E-state index < -0.39 is 5.82 Å². The molecule has 5 nitrogen and oxygen atoms in total. The van der Waals surface area contributed by atoms with E-state index >= 15 is 0 Å². The Labute approximate surface area is 122 Å². The molecule has 1 fully saturated rings. The van der Waals surface area contributed by atoms with Gasteiger partial charge in [-0.25, -0.2) is 9.37 Å². The van der Waals surface area contributed by atoms with Gasteiger partial charge < -0.3 is 14.6 Å². The minimum absolute atomic E-state index is 0.0895. The molecule has 2 heterocycles. The van der Waals surface area contributed by atoms with E-state index in [1.807, 2.05) is 6.92 Å². The number of rotatable bonds is 4. The number of benzene rings is 1. The molecule has 6 heteroatoms. The number of aromatic amines is 1. The lowest BCUT2D eigenvalue weighted by atomic mass is 10.1. The van der Waals surface area contributed by atoms with Crippen molar-refractivity contribution >= 4 is 16.9 Å². The maximum absolute atomic E-state index is 14.1. The first kappa shape index (κ1) is 14.0. The van der Waals surface area contributed by atoms with Gasteiger partial charge in [0.1, 0.15) is 5.82 Å². The third kappa shape index (κ3) is 2.76. The van der Waals surface area contributed by atoms with Crippen LogP contribution in [-0.2, 0) is 4.74 Å². The molecule has 0 unspecified atom stereocenters. The number of H-pyrrole nitrogens is 1. The summed E-state index contributed by atoms with van der Waals surface area (Å²) >= 11 is 0. The summed E-state index contributed by atoms with van der Waals surface area (Å²) in [6.07, 6.45) is 2.39. The van der Waals surface area contributed by atoms with Crippen molar-refractivity contribution in [2.45, 2.75) is 13.3 Å². The standard InChI is InChI=1S/C15H18FN3O2/c1-2-21-8-10-3-4-19(7-10)15(20)11-5-13-14(6-12(11)16)18-9-17-13/h5-6,9-10H,2-4,7-8H2,1H3,(H,17,18)/t10-/m1/s1. The molecule has 0 radical (unpaired) electrons. The Kier molecular flexibility index (Phi) is 3.88. The zero-order chi connectivity index (χ0) is 14.8. The number of amides is 1. The van der Waals surface area contributed by atoms with Crippen molar-refractivity contribution in [1.82, 2.24) is 14.9 Å². The summed E-state index contributed by atoms with van der Waals surface area (Å²) in [4.78, 5) is 21.1. The second-order valence-electron chi connectivity index (χ2n) is 5.32. The number of hydrogen-bond acceptors (Lipinski definition) is 3. The highest BCUT2D eigenvalue weighted by atomic mass is 19.1. The van der Waals surface area contributed by atoms with Crippen LogP contribution in [0.1, 0.15) is 23.7 Å². The van der Waals surface area contributed by atoms with Crippen LogP contribution in [0, 0.1) is 11.7 Å². The van der Waals surface area contributed by atoms with Crippen molar-refractivity contribution in [2.24, 2.45) is 5.92 Å². The number of ether oxygens (including phenoxy) is 1. The summed E-state index contributed by atoms with van der Waals surface area (Å²) in [5.74, 6) is -0.438. The fourth-order valence-corrected chi connectivity index (χ4v) is 2.73. The van der Waals surface area contributed by atoms with Crippen LogP contribution in [0.3, 0.4) is 0 Å². The molecular formula is C15H18FN3O2. The summed E-state index contributed by atoms with van der Waals surface area (Å²) in [5, 5.41) is 0. The average Bonchev–Trinajstić information content (AvgIpc) is 3.12. The molecule has 1 aromatic carbocycles. The first-order valence-corrected chi connectivity index (χ1v) is 7.18. The van der Waals surface area contributed by atoms with E-state index in [0.29, 0.717) is 43.3 Å². The second kappa shape index (κ2) is 5.81. The molecule has 1 saturated heterocycles. The highest BCUT2D eigenvalue weighted by Crippen LogP contribution is 2.22. The van der Waals surface area contributed by atoms with Gasteiger partial charge in [0.15, 0.2) is 0 Å². The van der Waals surface area contributed by atoms with Gasteiger partial charge in [-0.3, -0.25) is 4.79 Å². The minimum atomic E-state index is -0.509. The Morgan fingerprint density at radius 2 is 2.43 bits per heavy atom. The van der Waals surface area contributed by atoms with Crippen LogP contribution in [0.25, 0.3) is 11.0 Å². The molecule has 1 aliphatic rings. The van der Waals surface area contributed by atoms with Crippen LogP contribution < -0.4 is 0 Å². The van der Waals surface area contributed by atoms with Crippen molar-refractivity contribution in [2.75, 3.05) is 26.3 Å². The summed E-state index contributed by atoms with van der Waals surface area (Å²) in [5.41, 5.74) is 1.29. The van der Waals surface area contributed by atoms with E-state index in [0.717, 1.165) is 6.42 Å². The van der Waals surface area contributed by atoms with Gasteiger partial charge >= 0.3 is 0 Å². The highest BCUT2D eigenvalue weighted by molar-refractivity contribution is 5.97. The lowest BCUT2D eigenvalue weighted by Gasteiger charge is -2.17. The summed E-state index contributed by atoms with van der Waals surface area (Å²) in [7, 11) is 0. The van der Waals surface area contributed by atoms with Gasteiger partial charge in [-0.1, -0.05) is 0 Å². The summed E-state index contributed by atoms with van der Waals surface area (Å²) in [6.45, 7) is 4.55. The van der Waals surface area contributed by atoms with Gasteiger partial charge in [0, 0.05) is 31.7 Å². The van der Waals surface area contributed by atoms with Gasteiger partial charge in [0.25, 0.3) is 5.91 Å². The Morgan fingerprint density at radius 1 is 1.57 bits per heavy atom. The molecule has 3 rings (SSSR count). The number of carbonyl (C=O) groups excluding carboxylic acids is 1. The number of hydrogen-bond donors (Lipinski definition) is 1. The van der Waals surface area contributed by atoms with Crippen LogP contribution >= 0.6 is 0 Å². The molecule has 112 valence electrons. The van der Waals surface area contributed by atoms with Crippen LogP contribution in [0.15, 0.2) is 18.5 Å².